The minimum absolute atomic E-state index is 0.0300. The standard InChI is InChI=1S/C20H23N5O3/c1-14-16(20(27)25-17(23-14)5-9-22-25)12-19(26)24-10-6-15(7-11-24)13-28-18-4-2-3-8-21-18/h2-5,8-9,15,22H,6-7,10-13H2,1H3. The number of carbonyl (C=O) groups is 1. The normalized spacial score (nSPS) is 15.1. The van der Waals surface area contributed by atoms with Gasteiger partial charge in [-0.1, -0.05) is 6.07 Å². The molecule has 3 aromatic heterocycles. The topological polar surface area (TPSA) is 92.6 Å². The van der Waals surface area contributed by atoms with E-state index >= 15 is 0 Å². The van der Waals surface area contributed by atoms with E-state index in [1.54, 1.807) is 25.4 Å². The maximum Gasteiger partial charge on any atom is 0.276 e. The number of ether oxygens (including phenoxy) is 1. The highest BCUT2D eigenvalue weighted by molar-refractivity contribution is 5.79. The molecule has 146 valence electrons. The van der Waals surface area contributed by atoms with Crippen LogP contribution in [0.15, 0.2) is 41.5 Å². The highest BCUT2D eigenvalue weighted by Gasteiger charge is 2.25. The number of aryl methyl sites for hydroxylation is 1. The number of rotatable bonds is 5. The van der Waals surface area contributed by atoms with Crippen LogP contribution in [-0.4, -0.2) is 50.1 Å². The molecule has 0 radical (unpaired) electrons. The van der Waals surface area contributed by atoms with Crippen LogP contribution in [0, 0.1) is 12.8 Å². The van der Waals surface area contributed by atoms with Crippen LogP contribution in [0.5, 0.6) is 5.88 Å². The number of pyridine rings is 1. The molecule has 1 aliphatic heterocycles. The zero-order valence-electron chi connectivity index (χ0n) is 15.8. The number of fused-ring (bicyclic) bond motifs is 1. The summed E-state index contributed by atoms with van der Waals surface area (Å²) in [5, 5.41) is 2.84. The number of hydrogen-bond acceptors (Lipinski definition) is 5. The molecular weight excluding hydrogens is 358 g/mol. The lowest BCUT2D eigenvalue weighted by molar-refractivity contribution is -0.132. The molecule has 1 N–H and O–H groups in total. The molecule has 3 aromatic rings. The van der Waals surface area contributed by atoms with Gasteiger partial charge < -0.3 is 9.64 Å². The number of likely N-dealkylation sites (tertiary alicyclic amines) is 1. The number of hydrogen-bond donors (Lipinski definition) is 1. The van der Waals surface area contributed by atoms with Crippen molar-refractivity contribution in [2.24, 2.45) is 5.92 Å². The third-order valence-electron chi connectivity index (χ3n) is 5.25. The SMILES string of the molecule is Cc1nc2cc[nH]n2c(=O)c1CC(=O)N1CCC(COc2ccccn2)CC1. The van der Waals surface area contributed by atoms with Crippen molar-refractivity contribution in [1.29, 1.82) is 0 Å². The predicted octanol–water partition coefficient (Wildman–Crippen LogP) is 1.59. The van der Waals surface area contributed by atoms with E-state index in [0.29, 0.717) is 48.4 Å². The van der Waals surface area contributed by atoms with Crippen LogP contribution in [0.25, 0.3) is 5.65 Å². The monoisotopic (exact) mass is 381 g/mol. The van der Waals surface area contributed by atoms with Crippen molar-refractivity contribution >= 4 is 11.6 Å². The largest absolute Gasteiger partial charge is 0.477 e. The Morgan fingerprint density at radius 2 is 2.11 bits per heavy atom. The molecule has 4 rings (SSSR count). The van der Waals surface area contributed by atoms with Gasteiger partial charge in [0.1, 0.15) is 0 Å². The van der Waals surface area contributed by atoms with Gasteiger partial charge in [0.05, 0.1) is 13.0 Å². The first-order valence-electron chi connectivity index (χ1n) is 9.49. The lowest BCUT2D eigenvalue weighted by Crippen LogP contribution is -2.41. The molecule has 8 nitrogen and oxygen atoms in total. The molecule has 4 heterocycles. The minimum atomic E-state index is -0.209. The van der Waals surface area contributed by atoms with Gasteiger partial charge in [-0.05, 0) is 31.7 Å². The summed E-state index contributed by atoms with van der Waals surface area (Å²) in [5.74, 6) is 0.997. The van der Waals surface area contributed by atoms with Crippen LogP contribution in [-0.2, 0) is 11.2 Å². The Hall–Kier alpha value is -3.16. The number of nitrogens with one attached hydrogen (secondary N) is 1. The molecule has 28 heavy (non-hydrogen) atoms. The number of nitrogens with zero attached hydrogens (tertiary/aromatic N) is 4. The number of amides is 1. The third-order valence-corrected chi connectivity index (χ3v) is 5.25. The van der Waals surface area contributed by atoms with Crippen molar-refractivity contribution in [3.8, 4) is 5.88 Å². The molecule has 0 atom stereocenters. The van der Waals surface area contributed by atoms with Crippen LogP contribution in [0.1, 0.15) is 24.1 Å². The highest BCUT2D eigenvalue weighted by Crippen LogP contribution is 2.19. The van der Waals surface area contributed by atoms with Gasteiger partial charge in [-0.3, -0.25) is 14.7 Å². The Labute approximate surface area is 162 Å². The van der Waals surface area contributed by atoms with E-state index in [-0.39, 0.29) is 17.9 Å². The van der Waals surface area contributed by atoms with Gasteiger partial charge in [-0.25, -0.2) is 14.5 Å². The van der Waals surface area contributed by atoms with E-state index in [0.717, 1.165) is 12.8 Å². The Bertz CT molecular complexity index is 1020. The molecule has 1 fully saturated rings. The van der Waals surface area contributed by atoms with Gasteiger partial charge in [-0.15, -0.1) is 0 Å². The molecule has 0 aromatic carbocycles. The molecule has 1 aliphatic rings. The second kappa shape index (κ2) is 7.84. The number of carbonyl (C=O) groups excluding carboxylic acids is 1. The summed E-state index contributed by atoms with van der Waals surface area (Å²) in [6.07, 6.45) is 5.21. The van der Waals surface area contributed by atoms with Crippen molar-refractivity contribution in [3.05, 3.63) is 58.3 Å². The van der Waals surface area contributed by atoms with Crippen molar-refractivity contribution in [3.63, 3.8) is 0 Å². The summed E-state index contributed by atoms with van der Waals surface area (Å²) >= 11 is 0. The highest BCUT2D eigenvalue weighted by atomic mass is 16.5. The Morgan fingerprint density at radius 3 is 2.86 bits per heavy atom. The van der Waals surface area contributed by atoms with Gasteiger partial charge in [0, 0.05) is 48.9 Å². The van der Waals surface area contributed by atoms with E-state index in [2.05, 4.69) is 15.1 Å². The van der Waals surface area contributed by atoms with Gasteiger partial charge in [0.2, 0.25) is 11.8 Å². The Balaban J connectivity index is 1.34. The smallest absolute Gasteiger partial charge is 0.276 e. The maximum absolute atomic E-state index is 12.7. The van der Waals surface area contributed by atoms with E-state index in [4.69, 9.17) is 4.74 Å². The van der Waals surface area contributed by atoms with Crippen LogP contribution >= 0.6 is 0 Å². The van der Waals surface area contributed by atoms with Crippen LogP contribution in [0.3, 0.4) is 0 Å². The summed E-state index contributed by atoms with van der Waals surface area (Å²) < 4.78 is 7.10. The molecule has 0 unspecified atom stereocenters. The summed E-state index contributed by atoms with van der Waals surface area (Å²) in [6, 6.07) is 7.33. The number of aromatic nitrogens is 4. The van der Waals surface area contributed by atoms with Gasteiger partial charge in [0.25, 0.3) is 5.56 Å². The fourth-order valence-corrected chi connectivity index (χ4v) is 3.56. The summed E-state index contributed by atoms with van der Waals surface area (Å²) in [7, 11) is 0. The fourth-order valence-electron chi connectivity index (χ4n) is 3.56. The first-order valence-corrected chi connectivity index (χ1v) is 9.49. The second-order valence-electron chi connectivity index (χ2n) is 7.12. The summed E-state index contributed by atoms with van der Waals surface area (Å²) in [6.45, 7) is 3.73. The van der Waals surface area contributed by atoms with E-state index in [1.807, 2.05) is 23.1 Å². The van der Waals surface area contributed by atoms with Crippen molar-refractivity contribution < 1.29 is 9.53 Å². The Kier molecular flexibility index (Phi) is 5.10. The average molecular weight is 381 g/mol. The zero-order chi connectivity index (χ0) is 19.5. The van der Waals surface area contributed by atoms with Gasteiger partial charge >= 0.3 is 0 Å². The van der Waals surface area contributed by atoms with Gasteiger partial charge in [0.15, 0.2) is 5.65 Å². The molecule has 8 heteroatoms. The number of H-pyrrole nitrogens is 1. The van der Waals surface area contributed by atoms with E-state index in [1.165, 1.54) is 4.52 Å². The average Bonchev–Trinajstić information content (AvgIpc) is 3.19. The van der Waals surface area contributed by atoms with Crippen LogP contribution in [0.4, 0.5) is 0 Å². The number of piperidine rings is 1. The van der Waals surface area contributed by atoms with Gasteiger partial charge in [-0.2, -0.15) is 0 Å². The first kappa shape index (κ1) is 18.2. The molecular formula is C20H23N5O3. The van der Waals surface area contributed by atoms with E-state index < -0.39 is 0 Å². The first-order chi connectivity index (χ1) is 13.6. The quantitative estimate of drug-likeness (QED) is 0.724. The molecule has 1 saturated heterocycles. The molecule has 1 amide bonds. The minimum Gasteiger partial charge on any atom is -0.477 e. The van der Waals surface area contributed by atoms with Crippen molar-refractivity contribution in [2.75, 3.05) is 19.7 Å². The van der Waals surface area contributed by atoms with Crippen LogP contribution in [0.2, 0.25) is 0 Å². The molecule has 0 bridgehead atoms. The molecule has 0 saturated carbocycles. The van der Waals surface area contributed by atoms with Crippen molar-refractivity contribution in [2.45, 2.75) is 26.2 Å². The van der Waals surface area contributed by atoms with Crippen molar-refractivity contribution in [1.82, 2.24) is 24.5 Å². The summed E-state index contributed by atoms with van der Waals surface area (Å²) in [4.78, 5) is 35.7. The summed E-state index contributed by atoms with van der Waals surface area (Å²) in [5.41, 5.74) is 1.41. The van der Waals surface area contributed by atoms with E-state index in [9.17, 15) is 9.59 Å². The fraction of sp³-hybridized carbons (Fsp3) is 0.400. The number of aromatic amines is 1. The lowest BCUT2D eigenvalue weighted by Gasteiger charge is -2.32. The second-order valence-corrected chi connectivity index (χ2v) is 7.12. The third kappa shape index (κ3) is 3.76. The lowest BCUT2D eigenvalue weighted by atomic mass is 9.97. The maximum atomic E-state index is 12.7. The Morgan fingerprint density at radius 1 is 1.29 bits per heavy atom. The van der Waals surface area contributed by atoms with Crippen LogP contribution < -0.4 is 10.3 Å². The zero-order valence-corrected chi connectivity index (χ0v) is 15.8. The predicted molar refractivity (Wildman–Crippen MR) is 103 cm³/mol. The molecule has 0 spiro atoms. The molecule has 0 aliphatic carbocycles.